The molecule has 1 N–H and O–H groups in total. The minimum atomic E-state index is -1.11. The molecule has 10 heteroatoms. The van der Waals surface area contributed by atoms with Crippen LogP contribution in [0.3, 0.4) is 0 Å². The molecule has 120 valence electrons. The molecule has 0 spiro atoms. The Morgan fingerprint density at radius 2 is 2.17 bits per heavy atom. The maximum atomic E-state index is 12.2. The van der Waals surface area contributed by atoms with Crippen LogP contribution in [0.1, 0.15) is 11.5 Å². The van der Waals surface area contributed by atoms with Crippen molar-refractivity contribution in [2.24, 2.45) is 0 Å². The summed E-state index contributed by atoms with van der Waals surface area (Å²) < 4.78 is 1.78. The molecular formula is C14H13N4NaO4S. The van der Waals surface area contributed by atoms with Gasteiger partial charge >= 0.3 is 35.5 Å². The quantitative estimate of drug-likeness (QED) is 0.433. The van der Waals surface area contributed by atoms with Crippen LogP contribution in [0, 0.1) is 0 Å². The van der Waals surface area contributed by atoms with E-state index in [0.29, 0.717) is 17.8 Å². The summed E-state index contributed by atoms with van der Waals surface area (Å²) >= 11 is 1.29. The zero-order chi connectivity index (χ0) is 16.3. The number of hydrogen-bond donors (Lipinski definition) is 1. The molecule has 0 aliphatic carbocycles. The zero-order valence-corrected chi connectivity index (χ0v) is 12.9. The molecule has 4 heterocycles. The van der Waals surface area contributed by atoms with Crippen molar-refractivity contribution in [1.82, 2.24) is 19.4 Å². The Kier molecular flexibility index (Phi) is 4.37. The Labute approximate surface area is 163 Å². The number of rotatable bonds is 2. The van der Waals surface area contributed by atoms with Crippen LogP contribution in [0.2, 0.25) is 0 Å². The van der Waals surface area contributed by atoms with E-state index in [2.05, 4.69) is 4.98 Å². The van der Waals surface area contributed by atoms with Crippen LogP contribution in [-0.4, -0.2) is 84.2 Å². The second kappa shape index (κ2) is 6.07. The molecule has 0 saturated carbocycles. The van der Waals surface area contributed by atoms with Crippen LogP contribution < -0.4 is 0 Å². The summed E-state index contributed by atoms with van der Waals surface area (Å²) in [5, 5.41) is 10.2. The Morgan fingerprint density at radius 1 is 1.42 bits per heavy atom. The Hall–Kier alpha value is -1.55. The van der Waals surface area contributed by atoms with Gasteiger partial charge in [-0.3, -0.25) is 14.5 Å². The number of carboxylic acid groups (broad SMARTS) is 1. The van der Waals surface area contributed by atoms with Gasteiger partial charge in [-0.2, -0.15) is 0 Å². The number of carbonyl (C=O) groups excluding carboxylic acids is 2. The number of fused-ring (bicyclic) bond motifs is 2. The number of carboxylic acids is 1. The van der Waals surface area contributed by atoms with Crippen molar-refractivity contribution in [3.8, 4) is 0 Å². The summed E-state index contributed by atoms with van der Waals surface area (Å²) in [5.74, 6) is -0.633. The van der Waals surface area contributed by atoms with E-state index in [0.717, 1.165) is 5.82 Å². The topological polar surface area (TPSA) is 95.7 Å². The van der Waals surface area contributed by atoms with Gasteiger partial charge in [-0.05, 0) is 6.08 Å². The molecule has 1 aromatic heterocycles. The van der Waals surface area contributed by atoms with Crippen LogP contribution in [0.25, 0.3) is 6.08 Å². The molecule has 3 aliphatic rings. The van der Waals surface area contributed by atoms with Gasteiger partial charge in [0.1, 0.15) is 23.4 Å². The summed E-state index contributed by atoms with van der Waals surface area (Å²) in [6.45, 7) is 0.677. The van der Waals surface area contributed by atoms with E-state index in [1.54, 1.807) is 28.8 Å². The SMILES string of the molecule is CN1Cc2nc(C=C3C(=O)N4C(C(=O)O)=CSC34)cn2CC1=O.[NaH]. The predicted molar refractivity (Wildman–Crippen MR) is 87.8 cm³/mol. The van der Waals surface area contributed by atoms with Gasteiger partial charge in [-0.25, -0.2) is 9.78 Å². The summed E-state index contributed by atoms with van der Waals surface area (Å²) in [4.78, 5) is 42.2. The summed E-state index contributed by atoms with van der Waals surface area (Å²) in [6, 6.07) is 0. The zero-order valence-electron chi connectivity index (χ0n) is 12.1. The normalized spacial score (nSPS) is 23.5. The van der Waals surface area contributed by atoms with Crippen molar-refractivity contribution in [3.05, 3.63) is 34.4 Å². The fourth-order valence-electron chi connectivity index (χ4n) is 2.80. The van der Waals surface area contributed by atoms with Crippen molar-refractivity contribution < 1.29 is 19.5 Å². The van der Waals surface area contributed by atoms with Crippen LogP contribution in [0.5, 0.6) is 0 Å². The number of aliphatic carboxylic acids is 1. The molecule has 1 saturated heterocycles. The number of β-lactam (4-membered cyclic amide) rings is 1. The van der Waals surface area contributed by atoms with Gasteiger partial charge in [0.15, 0.2) is 0 Å². The third-order valence-corrected chi connectivity index (χ3v) is 5.13. The van der Waals surface area contributed by atoms with Crippen LogP contribution in [-0.2, 0) is 27.5 Å². The van der Waals surface area contributed by atoms with E-state index in [1.807, 2.05) is 0 Å². The first-order valence-electron chi connectivity index (χ1n) is 6.90. The van der Waals surface area contributed by atoms with Crippen LogP contribution >= 0.6 is 11.8 Å². The number of aromatic nitrogens is 2. The first-order chi connectivity index (χ1) is 11.0. The third kappa shape index (κ3) is 2.52. The minimum absolute atomic E-state index is 0. The maximum absolute atomic E-state index is 12.2. The first kappa shape index (κ1) is 17.3. The molecule has 3 aliphatic heterocycles. The second-order valence-electron chi connectivity index (χ2n) is 5.53. The van der Waals surface area contributed by atoms with Gasteiger partial charge in [0.2, 0.25) is 5.91 Å². The van der Waals surface area contributed by atoms with Gasteiger partial charge in [0, 0.05) is 18.7 Å². The van der Waals surface area contributed by atoms with Gasteiger partial charge in [0.05, 0.1) is 17.8 Å². The fraction of sp³-hybridized carbons (Fsp3) is 0.286. The number of nitrogens with zero attached hydrogens (tertiary/aromatic N) is 4. The molecule has 0 bridgehead atoms. The average Bonchev–Trinajstić information content (AvgIpc) is 3.06. The summed E-state index contributed by atoms with van der Waals surface area (Å²) in [7, 11) is 1.72. The van der Waals surface area contributed by atoms with Gasteiger partial charge in [-0.15, -0.1) is 11.8 Å². The van der Waals surface area contributed by atoms with Gasteiger partial charge in [0.25, 0.3) is 5.91 Å². The van der Waals surface area contributed by atoms with E-state index in [4.69, 9.17) is 5.11 Å². The number of carbonyl (C=O) groups is 3. The number of hydrogen-bond acceptors (Lipinski definition) is 5. The third-order valence-electron chi connectivity index (χ3n) is 4.04. The molecular weight excluding hydrogens is 343 g/mol. The molecule has 0 aromatic carbocycles. The van der Waals surface area contributed by atoms with Crippen molar-refractivity contribution in [3.63, 3.8) is 0 Å². The molecule has 24 heavy (non-hydrogen) atoms. The molecule has 1 aromatic rings. The fourth-order valence-corrected chi connectivity index (χ4v) is 3.92. The Balaban J connectivity index is 0.00000169. The van der Waals surface area contributed by atoms with Crippen molar-refractivity contribution in [1.29, 1.82) is 0 Å². The van der Waals surface area contributed by atoms with Crippen molar-refractivity contribution in [2.45, 2.75) is 18.5 Å². The molecule has 1 fully saturated rings. The van der Waals surface area contributed by atoms with Gasteiger partial charge < -0.3 is 14.6 Å². The Bertz CT molecular complexity index is 831. The van der Waals surface area contributed by atoms with Crippen LogP contribution in [0.15, 0.2) is 22.9 Å². The predicted octanol–water partition coefficient (Wildman–Crippen LogP) is -0.569. The van der Waals surface area contributed by atoms with E-state index in [-0.39, 0.29) is 59.0 Å². The van der Waals surface area contributed by atoms with E-state index < -0.39 is 5.97 Å². The second-order valence-corrected chi connectivity index (χ2v) is 6.49. The number of thioether (sulfide) groups is 1. The van der Waals surface area contributed by atoms with E-state index >= 15 is 0 Å². The van der Waals surface area contributed by atoms with Crippen molar-refractivity contribution in [2.75, 3.05) is 7.05 Å². The summed E-state index contributed by atoms with van der Waals surface area (Å²) in [6.07, 6.45) is 3.42. The van der Waals surface area contributed by atoms with Gasteiger partial charge in [-0.1, -0.05) is 0 Å². The average molecular weight is 356 g/mol. The molecule has 0 radical (unpaired) electrons. The molecule has 2 amide bonds. The molecule has 1 atom stereocenters. The molecule has 8 nitrogen and oxygen atoms in total. The van der Waals surface area contributed by atoms with Crippen molar-refractivity contribution >= 4 is 65.2 Å². The monoisotopic (exact) mass is 356 g/mol. The first-order valence-corrected chi connectivity index (χ1v) is 7.84. The molecule has 4 rings (SSSR count). The standard InChI is InChI=1S/C14H12N4O4S.Na.H/c1-16-4-10-15-7(3-17(10)5-11(16)19)2-8-12(20)18-9(14(21)22)6-23-13(8)18;;/h2-3,6,13H,4-5H2,1H3,(H,21,22);;. The van der Waals surface area contributed by atoms with Crippen LogP contribution in [0.4, 0.5) is 0 Å². The van der Waals surface area contributed by atoms with E-state index in [1.165, 1.54) is 22.1 Å². The van der Waals surface area contributed by atoms with E-state index in [9.17, 15) is 14.4 Å². The number of amides is 2. The number of likely N-dealkylation sites (N-methyl/N-ethyl adjacent to an activating group) is 1. The number of imidazole rings is 1. The summed E-state index contributed by atoms with van der Waals surface area (Å²) in [5.41, 5.74) is 1.15. The Morgan fingerprint density at radius 3 is 2.88 bits per heavy atom. The molecule has 1 unspecified atom stereocenters.